The summed E-state index contributed by atoms with van der Waals surface area (Å²) >= 11 is 0. The molecule has 0 atom stereocenters. The molecule has 0 bridgehead atoms. The van der Waals surface area contributed by atoms with Crippen molar-refractivity contribution in [1.82, 2.24) is 4.72 Å². The van der Waals surface area contributed by atoms with Gasteiger partial charge in [-0.2, -0.15) is 0 Å². The van der Waals surface area contributed by atoms with E-state index in [9.17, 15) is 12.8 Å². The van der Waals surface area contributed by atoms with E-state index >= 15 is 0 Å². The fourth-order valence-corrected chi connectivity index (χ4v) is 2.75. The third-order valence-corrected chi connectivity index (χ3v) is 4.04. The van der Waals surface area contributed by atoms with Crippen molar-refractivity contribution in [2.24, 2.45) is 0 Å². The van der Waals surface area contributed by atoms with Crippen LogP contribution in [-0.2, 0) is 16.4 Å². The molecule has 0 fully saturated rings. The molecule has 1 N–H and O–H groups in total. The number of rotatable bonds is 6. The first kappa shape index (κ1) is 13.8. The Kier molecular flexibility index (Phi) is 4.34. The molecule has 2 aromatic rings. The highest BCUT2D eigenvalue weighted by atomic mass is 32.2. The zero-order chi connectivity index (χ0) is 13.7. The molecule has 6 heteroatoms. The van der Waals surface area contributed by atoms with Gasteiger partial charge in [0, 0.05) is 13.0 Å². The van der Waals surface area contributed by atoms with Crippen LogP contribution in [0.2, 0.25) is 0 Å². The average molecular weight is 283 g/mol. The smallest absolute Gasteiger partial charge is 0.240 e. The second-order valence-electron chi connectivity index (χ2n) is 4.04. The van der Waals surface area contributed by atoms with Gasteiger partial charge in [-0.05, 0) is 36.8 Å². The highest BCUT2D eigenvalue weighted by Gasteiger charge is 2.13. The van der Waals surface area contributed by atoms with Gasteiger partial charge >= 0.3 is 0 Å². The van der Waals surface area contributed by atoms with Crippen molar-refractivity contribution in [3.63, 3.8) is 0 Å². The molecule has 4 nitrogen and oxygen atoms in total. The van der Waals surface area contributed by atoms with E-state index < -0.39 is 15.8 Å². The quantitative estimate of drug-likeness (QED) is 0.828. The number of benzene rings is 1. The lowest BCUT2D eigenvalue weighted by atomic mass is 10.2. The fourth-order valence-electron chi connectivity index (χ4n) is 1.64. The maximum absolute atomic E-state index is 13.0. The minimum Gasteiger partial charge on any atom is -0.469 e. The molecule has 1 heterocycles. The van der Waals surface area contributed by atoms with Gasteiger partial charge in [0.15, 0.2) is 0 Å². The highest BCUT2D eigenvalue weighted by molar-refractivity contribution is 7.89. The summed E-state index contributed by atoms with van der Waals surface area (Å²) in [7, 11) is -3.64. The van der Waals surface area contributed by atoms with Crippen molar-refractivity contribution < 1.29 is 17.2 Å². The van der Waals surface area contributed by atoms with Crippen molar-refractivity contribution in [2.45, 2.75) is 17.7 Å². The molecule has 0 aliphatic rings. The van der Waals surface area contributed by atoms with Crippen LogP contribution in [-0.4, -0.2) is 15.0 Å². The van der Waals surface area contributed by atoms with Crippen LogP contribution in [0.25, 0.3) is 0 Å². The van der Waals surface area contributed by atoms with E-state index in [2.05, 4.69) is 4.72 Å². The predicted octanol–water partition coefficient (Wildman–Crippen LogP) is 2.33. The Labute approximate surface area is 111 Å². The van der Waals surface area contributed by atoms with Crippen LogP contribution in [0, 0.1) is 5.82 Å². The number of furan rings is 1. The molecular formula is C13H14FNO3S. The second-order valence-corrected chi connectivity index (χ2v) is 5.81. The van der Waals surface area contributed by atoms with Crippen LogP contribution in [0.5, 0.6) is 0 Å². The first-order valence-corrected chi connectivity index (χ1v) is 7.34. The van der Waals surface area contributed by atoms with Gasteiger partial charge in [0.05, 0.1) is 11.2 Å². The Balaban J connectivity index is 1.88. The summed E-state index contributed by atoms with van der Waals surface area (Å²) in [5.74, 6) is 0.239. The average Bonchev–Trinajstić information content (AvgIpc) is 2.88. The Morgan fingerprint density at radius 3 is 2.74 bits per heavy atom. The summed E-state index contributed by atoms with van der Waals surface area (Å²) < 4.78 is 44.2. The van der Waals surface area contributed by atoms with E-state index in [4.69, 9.17) is 4.42 Å². The Morgan fingerprint density at radius 1 is 1.21 bits per heavy atom. The molecule has 0 radical (unpaired) electrons. The van der Waals surface area contributed by atoms with Crippen LogP contribution < -0.4 is 4.72 Å². The van der Waals surface area contributed by atoms with Crippen molar-refractivity contribution in [1.29, 1.82) is 0 Å². The molecule has 102 valence electrons. The van der Waals surface area contributed by atoms with Crippen molar-refractivity contribution >= 4 is 10.0 Å². The third kappa shape index (κ3) is 3.90. The molecule has 1 aromatic heterocycles. The van der Waals surface area contributed by atoms with E-state index in [0.29, 0.717) is 12.8 Å². The molecule has 1 aromatic carbocycles. The van der Waals surface area contributed by atoms with Gasteiger partial charge in [-0.3, -0.25) is 0 Å². The summed E-state index contributed by atoms with van der Waals surface area (Å²) in [5, 5.41) is 0. The van der Waals surface area contributed by atoms with Crippen LogP contribution >= 0.6 is 0 Å². The number of hydrogen-bond donors (Lipinski definition) is 1. The molecule has 0 amide bonds. The van der Waals surface area contributed by atoms with Gasteiger partial charge in [-0.25, -0.2) is 17.5 Å². The first-order valence-electron chi connectivity index (χ1n) is 5.85. The number of nitrogens with one attached hydrogen (secondary N) is 1. The van der Waals surface area contributed by atoms with Gasteiger partial charge in [-0.1, -0.05) is 6.07 Å². The van der Waals surface area contributed by atoms with E-state index in [-0.39, 0.29) is 11.4 Å². The van der Waals surface area contributed by atoms with Crippen molar-refractivity contribution in [3.05, 3.63) is 54.2 Å². The van der Waals surface area contributed by atoms with E-state index in [1.54, 1.807) is 12.3 Å². The van der Waals surface area contributed by atoms with Crippen molar-refractivity contribution in [2.75, 3.05) is 6.54 Å². The number of halogens is 1. The monoisotopic (exact) mass is 283 g/mol. The normalized spacial score (nSPS) is 11.6. The topological polar surface area (TPSA) is 59.3 Å². The van der Waals surface area contributed by atoms with E-state index in [1.165, 1.54) is 18.2 Å². The highest BCUT2D eigenvalue weighted by Crippen LogP contribution is 2.10. The number of hydrogen-bond acceptors (Lipinski definition) is 3. The molecule has 0 unspecified atom stereocenters. The Bertz CT molecular complexity index is 623. The lowest BCUT2D eigenvalue weighted by Gasteiger charge is -2.06. The Hall–Kier alpha value is -1.66. The number of aryl methyl sites for hydroxylation is 1. The largest absolute Gasteiger partial charge is 0.469 e. The second kappa shape index (κ2) is 5.99. The summed E-state index contributed by atoms with van der Waals surface area (Å²) in [4.78, 5) is -0.0644. The molecule has 0 spiro atoms. The van der Waals surface area contributed by atoms with Crippen LogP contribution in [0.4, 0.5) is 4.39 Å². The zero-order valence-electron chi connectivity index (χ0n) is 10.2. The Morgan fingerprint density at radius 2 is 2.05 bits per heavy atom. The lowest BCUT2D eigenvalue weighted by Crippen LogP contribution is -2.25. The molecule has 0 saturated carbocycles. The van der Waals surface area contributed by atoms with E-state index in [0.717, 1.165) is 11.8 Å². The summed E-state index contributed by atoms with van der Waals surface area (Å²) in [6.07, 6.45) is 2.84. The maximum Gasteiger partial charge on any atom is 0.240 e. The van der Waals surface area contributed by atoms with Gasteiger partial charge in [-0.15, -0.1) is 0 Å². The van der Waals surface area contributed by atoms with Gasteiger partial charge in [0.2, 0.25) is 10.0 Å². The van der Waals surface area contributed by atoms with Crippen LogP contribution in [0.15, 0.2) is 52.0 Å². The minimum absolute atomic E-state index is 0.0644. The summed E-state index contributed by atoms with van der Waals surface area (Å²) in [6, 6.07) is 8.54. The van der Waals surface area contributed by atoms with Gasteiger partial charge in [0.1, 0.15) is 11.6 Å². The van der Waals surface area contributed by atoms with Crippen LogP contribution in [0.3, 0.4) is 0 Å². The van der Waals surface area contributed by atoms with Gasteiger partial charge < -0.3 is 4.42 Å². The summed E-state index contributed by atoms with van der Waals surface area (Å²) in [6.45, 7) is 0.277. The SMILES string of the molecule is O=S(=O)(NCCCc1ccco1)c1cccc(F)c1. The molecular weight excluding hydrogens is 269 g/mol. The molecule has 2 rings (SSSR count). The fraction of sp³-hybridized carbons (Fsp3) is 0.231. The molecule has 0 saturated heterocycles. The maximum atomic E-state index is 13.0. The van der Waals surface area contributed by atoms with Crippen LogP contribution in [0.1, 0.15) is 12.2 Å². The van der Waals surface area contributed by atoms with Crippen molar-refractivity contribution in [3.8, 4) is 0 Å². The molecule has 0 aliphatic heterocycles. The first-order chi connectivity index (χ1) is 9.08. The number of sulfonamides is 1. The van der Waals surface area contributed by atoms with E-state index in [1.807, 2.05) is 6.07 Å². The minimum atomic E-state index is -3.64. The summed E-state index contributed by atoms with van der Waals surface area (Å²) in [5.41, 5.74) is 0. The van der Waals surface area contributed by atoms with Gasteiger partial charge in [0.25, 0.3) is 0 Å². The third-order valence-electron chi connectivity index (χ3n) is 2.58. The molecule has 0 aliphatic carbocycles. The molecule has 19 heavy (non-hydrogen) atoms. The standard InChI is InChI=1S/C13H14FNO3S/c14-11-4-1-7-13(10-11)19(16,17)15-8-2-5-12-6-3-9-18-12/h1,3-4,6-7,9-10,15H,2,5,8H2. The lowest BCUT2D eigenvalue weighted by molar-refractivity contribution is 0.500. The zero-order valence-corrected chi connectivity index (χ0v) is 11.0. The predicted molar refractivity (Wildman–Crippen MR) is 68.6 cm³/mol.